The Morgan fingerprint density at radius 3 is 2.24 bits per heavy atom. The van der Waals surface area contributed by atoms with Gasteiger partial charge in [0.2, 0.25) is 5.95 Å². The van der Waals surface area contributed by atoms with E-state index in [0.717, 1.165) is 12.1 Å². The fourth-order valence-corrected chi connectivity index (χ4v) is 4.40. The molecule has 0 unspecified atom stereocenters. The summed E-state index contributed by atoms with van der Waals surface area (Å²) in [5.74, 6) is 0.701. The van der Waals surface area contributed by atoms with Crippen molar-refractivity contribution in [3.05, 3.63) is 77.5 Å². The normalized spacial score (nSPS) is 14.9. The molecule has 0 atom stereocenters. The SMILES string of the molecule is CC(C)(C)c1ccc(C(=O)N2CCN(c3nc4nccc(-c5cccc(C(F)(F)F)c5)n4n3)CC2)cc1. The Morgan fingerprint density at radius 1 is 0.892 bits per heavy atom. The molecule has 0 radical (unpaired) electrons. The number of carbonyl (C=O) groups excluding carboxylic acids is 1. The second kappa shape index (κ2) is 9.17. The molecule has 10 heteroatoms. The topological polar surface area (TPSA) is 66.6 Å². The number of piperazine rings is 1. The second-order valence-electron chi connectivity index (χ2n) is 10.1. The van der Waals surface area contributed by atoms with Crippen LogP contribution in [0.1, 0.15) is 42.3 Å². The van der Waals surface area contributed by atoms with Crippen LogP contribution in [0.4, 0.5) is 19.1 Å². The highest BCUT2D eigenvalue weighted by Crippen LogP contribution is 2.32. The van der Waals surface area contributed by atoms with E-state index < -0.39 is 11.7 Å². The first-order chi connectivity index (χ1) is 17.5. The van der Waals surface area contributed by atoms with E-state index in [1.807, 2.05) is 34.1 Å². The average molecular weight is 509 g/mol. The number of halogens is 3. The summed E-state index contributed by atoms with van der Waals surface area (Å²) in [7, 11) is 0. The van der Waals surface area contributed by atoms with Crippen molar-refractivity contribution in [3.63, 3.8) is 0 Å². The zero-order chi connectivity index (χ0) is 26.4. The Kier molecular flexibility index (Phi) is 6.13. The van der Waals surface area contributed by atoms with E-state index in [1.165, 1.54) is 22.3 Å². The van der Waals surface area contributed by atoms with Crippen molar-refractivity contribution in [2.45, 2.75) is 32.4 Å². The Labute approximate surface area is 212 Å². The summed E-state index contributed by atoms with van der Waals surface area (Å²) in [6.45, 7) is 8.47. The molecule has 1 amide bonds. The minimum absolute atomic E-state index is 0.0171. The molecule has 1 aliphatic rings. The molecule has 37 heavy (non-hydrogen) atoms. The summed E-state index contributed by atoms with van der Waals surface area (Å²) < 4.78 is 41.1. The van der Waals surface area contributed by atoms with Crippen LogP contribution in [0.25, 0.3) is 17.0 Å². The number of hydrogen-bond donors (Lipinski definition) is 0. The molecule has 1 fully saturated rings. The van der Waals surface area contributed by atoms with Gasteiger partial charge in [-0.05, 0) is 41.3 Å². The summed E-state index contributed by atoms with van der Waals surface area (Å²) in [6, 6.07) is 14.5. The fraction of sp³-hybridized carbons (Fsp3) is 0.333. The molecule has 2 aromatic heterocycles. The Hall–Kier alpha value is -3.95. The van der Waals surface area contributed by atoms with Gasteiger partial charge in [-0.1, -0.05) is 45.0 Å². The quantitative estimate of drug-likeness (QED) is 0.387. The van der Waals surface area contributed by atoms with E-state index in [0.29, 0.717) is 54.7 Å². The molecule has 1 aliphatic heterocycles. The average Bonchev–Trinajstić information content (AvgIpc) is 3.32. The molecule has 0 N–H and O–H groups in total. The minimum Gasteiger partial charge on any atom is -0.336 e. The second-order valence-corrected chi connectivity index (χ2v) is 10.1. The summed E-state index contributed by atoms with van der Waals surface area (Å²) in [6.07, 6.45) is -2.94. The Morgan fingerprint density at radius 2 is 1.59 bits per heavy atom. The standard InChI is InChI=1S/C27H27F3N6O/c1-26(2,3)20-9-7-18(8-10-20)23(37)34-13-15-35(16-14-34)25-32-24-31-12-11-22(36(24)33-25)19-5-4-6-21(17-19)27(28,29)30/h4-12,17H,13-16H2,1-3H3. The number of carbonyl (C=O) groups is 1. The van der Waals surface area contributed by atoms with Gasteiger partial charge in [0, 0.05) is 43.5 Å². The van der Waals surface area contributed by atoms with Crippen molar-refractivity contribution in [2.75, 3.05) is 31.1 Å². The zero-order valence-corrected chi connectivity index (χ0v) is 20.8. The van der Waals surface area contributed by atoms with E-state index in [1.54, 1.807) is 12.1 Å². The lowest BCUT2D eigenvalue weighted by molar-refractivity contribution is -0.137. The number of alkyl halides is 3. The van der Waals surface area contributed by atoms with Crippen molar-refractivity contribution in [3.8, 4) is 11.3 Å². The van der Waals surface area contributed by atoms with Gasteiger partial charge in [0.15, 0.2) is 0 Å². The fourth-order valence-electron chi connectivity index (χ4n) is 4.40. The van der Waals surface area contributed by atoms with Crippen LogP contribution in [0, 0.1) is 0 Å². The van der Waals surface area contributed by atoms with Crippen LogP contribution < -0.4 is 4.90 Å². The highest BCUT2D eigenvalue weighted by molar-refractivity contribution is 5.94. The van der Waals surface area contributed by atoms with Crippen LogP contribution in [0.3, 0.4) is 0 Å². The van der Waals surface area contributed by atoms with Gasteiger partial charge >= 0.3 is 6.18 Å². The van der Waals surface area contributed by atoms with Crippen molar-refractivity contribution in [1.29, 1.82) is 0 Å². The van der Waals surface area contributed by atoms with E-state index in [2.05, 4.69) is 35.8 Å². The van der Waals surface area contributed by atoms with Crippen molar-refractivity contribution < 1.29 is 18.0 Å². The number of hydrogen-bond acceptors (Lipinski definition) is 5. The van der Waals surface area contributed by atoms with Crippen molar-refractivity contribution in [2.24, 2.45) is 0 Å². The van der Waals surface area contributed by atoms with Crippen LogP contribution in [-0.4, -0.2) is 56.6 Å². The number of fused-ring (bicyclic) bond motifs is 1. The number of benzene rings is 2. The number of nitrogens with zero attached hydrogens (tertiary/aromatic N) is 6. The summed E-state index contributed by atoms with van der Waals surface area (Å²) in [4.78, 5) is 25.5. The van der Waals surface area contributed by atoms with Crippen LogP contribution in [-0.2, 0) is 11.6 Å². The molecule has 0 spiro atoms. The zero-order valence-electron chi connectivity index (χ0n) is 20.8. The molecule has 0 saturated carbocycles. The van der Waals surface area contributed by atoms with E-state index in [9.17, 15) is 18.0 Å². The van der Waals surface area contributed by atoms with Crippen LogP contribution in [0.5, 0.6) is 0 Å². The molecule has 4 aromatic rings. The van der Waals surface area contributed by atoms with Gasteiger partial charge in [-0.25, -0.2) is 4.98 Å². The molecular formula is C27H27F3N6O. The largest absolute Gasteiger partial charge is 0.416 e. The van der Waals surface area contributed by atoms with Gasteiger partial charge in [-0.3, -0.25) is 4.79 Å². The van der Waals surface area contributed by atoms with Crippen LogP contribution in [0.15, 0.2) is 60.8 Å². The third kappa shape index (κ3) is 5.00. The van der Waals surface area contributed by atoms with Gasteiger partial charge in [0.25, 0.3) is 11.7 Å². The molecule has 2 aromatic carbocycles. The maximum absolute atomic E-state index is 13.2. The van der Waals surface area contributed by atoms with Gasteiger partial charge in [0.05, 0.1) is 11.3 Å². The van der Waals surface area contributed by atoms with E-state index in [-0.39, 0.29) is 11.3 Å². The molecule has 1 saturated heterocycles. The monoisotopic (exact) mass is 508 g/mol. The first kappa shape index (κ1) is 24.7. The first-order valence-electron chi connectivity index (χ1n) is 12.0. The highest BCUT2D eigenvalue weighted by atomic mass is 19.4. The molecule has 0 bridgehead atoms. The molecule has 3 heterocycles. The minimum atomic E-state index is -4.44. The van der Waals surface area contributed by atoms with Gasteiger partial charge in [-0.15, -0.1) is 5.10 Å². The maximum Gasteiger partial charge on any atom is 0.416 e. The lowest BCUT2D eigenvalue weighted by Gasteiger charge is -2.34. The lowest BCUT2D eigenvalue weighted by Crippen LogP contribution is -2.49. The third-order valence-electron chi connectivity index (χ3n) is 6.56. The van der Waals surface area contributed by atoms with Crippen LogP contribution >= 0.6 is 0 Å². The number of amides is 1. The van der Waals surface area contributed by atoms with Crippen molar-refractivity contribution in [1.82, 2.24) is 24.5 Å². The third-order valence-corrected chi connectivity index (χ3v) is 6.56. The number of rotatable bonds is 3. The Balaban J connectivity index is 1.32. The summed E-state index contributed by atoms with van der Waals surface area (Å²) in [5, 5.41) is 4.55. The number of aromatic nitrogens is 4. The predicted molar refractivity (Wildman–Crippen MR) is 134 cm³/mol. The highest BCUT2D eigenvalue weighted by Gasteiger charge is 2.31. The van der Waals surface area contributed by atoms with Gasteiger partial charge in [0.1, 0.15) is 0 Å². The molecule has 5 rings (SSSR count). The van der Waals surface area contributed by atoms with Gasteiger partial charge in [-0.2, -0.15) is 22.7 Å². The molecule has 192 valence electrons. The van der Waals surface area contributed by atoms with Crippen molar-refractivity contribution >= 4 is 17.6 Å². The summed E-state index contributed by atoms with van der Waals surface area (Å²) in [5.41, 5.74) is 1.94. The Bertz CT molecular complexity index is 1430. The predicted octanol–water partition coefficient (Wildman–Crippen LogP) is 5.07. The van der Waals surface area contributed by atoms with E-state index in [4.69, 9.17) is 0 Å². The van der Waals surface area contributed by atoms with Gasteiger partial charge < -0.3 is 9.80 Å². The maximum atomic E-state index is 13.2. The molecule has 7 nitrogen and oxygen atoms in total. The van der Waals surface area contributed by atoms with E-state index >= 15 is 0 Å². The molecule has 0 aliphatic carbocycles. The summed E-state index contributed by atoms with van der Waals surface area (Å²) >= 11 is 0. The first-order valence-corrected chi connectivity index (χ1v) is 12.0. The molecular weight excluding hydrogens is 481 g/mol. The lowest BCUT2D eigenvalue weighted by atomic mass is 9.86. The van der Waals surface area contributed by atoms with Crippen LogP contribution in [0.2, 0.25) is 0 Å². The smallest absolute Gasteiger partial charge is 0.336 e. The number of anilines is 1.